The van der Waals surface area contributed by atoms with Gasteiger partial charge in [0.15, 0.2) is 5.76 Å². The fourth-order valence-electron chi connectivity index (χ4n) is 1.83. The number of benzene rings is 1. The summed E-state index contributed by atoms with van der Waals surface area (Å²) < 4.78 is 32.4. The van der Waals surface area contributed by atoms with Crippen LogP contribution in [0.1, 0.15) is 5.56 Å². The molecule has 0 saturated carbocycles. The van der Waals surface area contributed by atoms with Crippen molar-refractivity contribution in [2.75, 3.05) is 0 Å². The lowest BCUT2D eigenvalue weighted by atomic mass is 10.2. The fourth-order valence-corrected chi connectivity index (χ4v) is 4.34. The summed E-state index contributed by atoms with van der Waals surface area (Å²) in [6.07, 6.45) is 1.51. The van der Waals surface area contributed by atoms with Crippen molar-refractivity contribution >= 4 is 33.0 Å². The van der Waals surface area contributed by atoms with Crippen molar-refractivity contribution < 1.29 is 12.9 Å². The molecule has 0 unspecified atom stereocenters. The van der Waals surface area contributed by atoms with Gasteiger partial charge in [-0.1, -0.05) is 35.0 Å². The van der Waals surface area contributed by atoms with Gasteiger partial charge in [0.1, 0.15) is 4.21 Å². The van der Waals surface area contributed by atoms with Crippen molar-refractivity contribution in [2.24, 2.45) is 0 Å². The Morgan fingerprint density at radius 1 is 1.18 bits per heavy atom. The number of thiophene rings is 1. The van der Waals surface area contributed by atoms with E-state index in [4.69, 9.17) is 16.1 Å². The number of nitrogens with one attached hydrogen (secondary N) is 1. The minimum atomic E-state index is -3.60. The van der Waals surface area contributed by atoms with Crippen molar-refractivity contribution in [1.29, 1.82) is 0 Å². The van der Waals surface area contributed by atoms with Gasteiger partial charge in [0.2, 0.25) is 10.0 Å². The molecule has 1 N–H and O–H groups in total. The highest BCUT2D eigenvalue weighted by molar-refractivity contribution is 7.91. The maximum absolute atomic E-state index is 12.3. The van der Waals surface area contributed by atoms with Gasteiger partial charge in [0.25, 0.3) is 0 Å². The Balaban J connectivity index is 1.77. The van der Waals surface area contributed by atoms with E-state index in [2.05, 4.69) is 9.88 Å². The first-order valence-electron chi connectivity index (χ1n) is 6.30. The van der Waals surface area contributed by atoms with Crippen LogP contribution in [0.25, 0.3) is 10.6 Å². The number of nitrogens with zero attached hydrogens (tertiary/aromatic N) is 1. The average molecular weight is 355 g/mol. The van der Waals surface area contributed by atoms with Gasteiger partial charge >= 0.3 is 0 Å². The molecule has 2 heterocycles. The molecule has 5 nitrogen and oxygen atoms in total. The molecule has 3 aromatic rings. The molecule has 2 aromatic heterocycles. The van der Waals surface area contributed by atoms with Crippen LogP contribution < -0.4 is 4.72 Å². The highest BCUT2D eigenvalue weighted by Crippen LogP contribution is 2.30. The monoisotopic (exact) mass is 354 g/mol. The molecular weight excluding hydrogens is 344 g/mol. The second-order valence-electron chi connectivity index (χ2n) is 4.41. The van der Waals surface area contributed by atoms with Gasteiger partial charge in [-0.15, -0.1) is 11.3 Å². The number of halogens is 1. The third-order valence-electron chi connectivity index (χ3n) is 2.94. The van der Waals surface area contributed by atoms with E-state index >= 15 is 0 Å². The lowest BCUT2D eigenvalue weighted by Crippen LogP contribution is -2.22. The van der Waals surface area contributed by atoms with Crippen LogP contribution in [0, 0.1) is 0 Å². The summed E-state index contributed by atoms with van der Waals surface area (Å²) in [6, 6.07) is 12.0. The van der Waals surface area contributed by atoms with Crippen molar-refractivity contribution in [1.82, 2.24) is 9.88 Å². The lowest BCUT2D eigenvalue weighted by Gasteiger charge is -2.06. The van der Waals surface area contributed by atoms with Crippen molar-refractivity contribution in [3.63, 3.8) is 0 Å². The van der Waals surface area contributed by atoms with Crippen LogP contribution in [0.15, 0.2) is 57.4 Å². The highest BCUT2D eigenvalue weighted by Gasteiger charge is 2.18. The van der Waals surface area contributed by atoms with Crippen LogP contribution in [0.2, 0.25) is 5.02 Å². The minimum absolute atomic E-state index is 0.136. The topological polar surface area (TPSA) is 72.2 Å². The predicted octanol–water partition coefficient (Wildman–Crippen LogP) is 3.54. The first-order chi connectivity index (χ1) is 10.6. The summed E-state index contributed by atoms with van der Waals surface area (Å²) >= 11 is 7.14. The largest absolute Gasteiger partial charge is 0.355 e. The van der Waals surface area contributed by atoms with Gasteiger partial charge in [-0.3, -0.25) is 0 Å². The Labute approximate surface area is 136 Å². The summed E-state index contributed by atoms with van der Waals surface area (Å²) in [7, 11) is -3.60. The van der Waals surface area contributed by atoms with E-state index in [9.17, 15) is 8.42 Å². The van der Waals surface area contributed by atoms with Gasteiger partial charge in [-0.05, 0) is 23.8 Å². The van der Waals surface area contributed by atoms with Crippen LogP contribution in [0.5, 0.6) is 0 Å². The smallest absolute Gasteiger partial charge is 0.250 e. The van der Waals surface area contributed by atoms with Crippen LogP contribution in [0.4, 0.5) is 0 Å². The van der Waals surface area contributed by atoms with E-state index in [0.29, 0.717) is 15.7 Å². The Morgan fingerprint density at radius 3 is 2.73 bits per heavy atom. The maximum Gasteiger partial charge on any atom is 0.250 e. The first kappa shape index (κ1) is 15.2. The summed E-state index contributed by atoms with van der Waals surface area (Å²) in [5, 5.41) is 4.13. The number of hydrogen-bond acceptors (Lipinski definition) is 5. The molecule has 0 aliphatic heterocycles. The normalized spacial score (nSPS) is 11.7. The molecule has 0 spiro atoms. The SMILES string of the molecule is O=S(=O)(NCc1ccccc1Cl)c1ccc(-c2ccno2)s1. The predicted molar refractivity (Wildman–Crippen MR) is 85.3 cm³/mol. The van der Waals surface area contributed by atoms with Crippen LogP contribution in [-0.4, -0.2) is 13.6 Å². The van der Waals surface area contributed by atoms with Gasteiger partial charge in [0.05, 0.1) is 11.1 Å². The second kappa shape index (κ2) is 6.21. The molecule has 8 heteroatoms. The number of sulfonamides is 1. The number of rotatable bonds is 5. The molecule has 0 amide bonds. The molecule has 0 radical (unpaired) electrons. The van der Waals surface area contributed by atoms with Crippen LogP contribution in [0.3, 0.4) is 0 Å². The van der Waals surface area contributed by atoms with Crippen molar-refractivity contribution in [2.45, 2.75) is 10.8 Å². The molecular formula is C14H11ClN2O3S2. The van der Waals surface area contributed by atoms with E-state index in [1.807, 2.05) is 6.07 Å². The molecule has 3 rings (SSSR count). The quantitative estimate of drug-likeness (QED) is 0.760. The lowest BCUT2D eigenvalue weighted by molar-refractivity contribution is 0.433. The number of hydrogen-bond donors (Lipinski definition) is 1. The summed E-state index contributed by atoms with van der Waals surface area (Å²) in [5.41, 5.74) is 0.722. The van der Waals surface area contributed by atoms with E-state index < -0.39 is 10.0 Å². The zero-order valence-corrected chi connectivity index (χ0v) is 13.6. The number of aromatic nitrogens is 1. The molecule has 114 valence electrons. The Bertz CT molecular complexity index is 873. The molecule has 0 saturated heterocycles. The zero-order chi connectivity index (χ0) is 15.6. The Morgan fingerprint density at radius 2 is 2.00 bits per heavy atom. The highest BCUT2D eigenvalue weighted by atomic mass is 35.5. The first-order valence-corrected chi connectivity index (χ1v) is 8.98. The zero-order valence-electron chi connectivity index (χ0n) is 11.2. The van der Waals surface area contributed by atoms with Gasteiger partial charge in [0, 0.05) is 17.6 Å². The van der Waals surface area contributed by atoms with Gasteiger partial charge < -0.3 is 4.52 Å². The molecule has 22 heavy (non-hydrogen) atoms. The molecule has 0 aliphatic rings. The second-order valence-corrected chi connectivity index (χ2v) is 7.90. The van der Waals surface area contributed by atoms with E-state index in [0.717, 1.165) is 16.9 Å². The van der Waals surface area contributed by atoms with Crippen LogP contribution >= 0.6 is 22.9 Å². The van der Waals surface area contributed by atoms with Crippen molar-refractivity contribution in [3.05, 3.63) is 59.2 Å². The van der Waals surface area contributed by atoms with Crippen molar-refractivity contribution in [3.8, 4) is 10.6 Å². The third-order valence-corrected chi connectivity index (χ3v) is 6.30. The van der Waals surface area contributed by atoms with E-state index in [1.54, 1.807) is 30.3 Å². The van der Waals surface area contributed by atoms with E-state index in [-0.39, 0.29) is 10.8 Å². The Kier molecular flexibility index (Phi) is 4.30. The molecule has 0 aliphatic carbocycles. The summed E-state index contributed by atoms with van der Waals surface area (Å²) in [5.74, 6) is 0.539. The summed E-state index contributed by atoms with van der Waals surface area (Å²) in [6.45, 7) is 0.136. The molecule has 0 atom stereocenters. The van der Waals surface area contributed by atoms with Gasteiger partial charge in [-0.2, -0.15) is 0 Å². The third kappa shape index (κ3) is 3.22. The van der Waals surface area contributed by atoms with E-state index in [1.165, 1.54) is 12.3 Å². The molecule has 1 aromatic carbocycles. The standard InChI is InChI=1S/C14H11ClN2O3S2/c15-11-4-2-1-3-10(11)9-17-22(18,19)14-6-5-13(21-14)12-7-8-16-20-12/h1-8,17H,9H2. The van der Waals surface area contributed by atoms with Crippen LogP contribution in [-0.2, 0) is 16.6 Å². The molecule has 0 bridgehead atoms. The molecule has 0 fully saturated rings. The Hall–Kier alpha value is -1.67. The minimum Gasteiger partial charge on any atom is -0.355 e. The fraction of sp³-hybridized carbons (Fsp3) is 0.0714. The summed E-state index contributed by atoms with van der Waals surface area (Å²) in [4.78, 5) is 0.704. The maximum atomic E-state index is 12.3. The average Bonchev–Trinajstić information content (AvgIpc) is 3.17. The van der Waals surface area contributed by atoms with Gasteiger partial charge in [-0.25, -0.2) is 13.1 Å².